The standard InChI is InChI=1S/C21H22FN3O3/c1-15-2-8-18(9-3-15)24-10-12-25(13-11-24)19(26)14-23-21(28)20(27)16-4-6-17(22)7-5-16/h2-9H,10-14H2,1H3,(H,23,28). The molecule has 0 unspecified atom stereocenters. The van der Waals surface area contributed by atoms with Crippen molar-refractivity contribution in [2.45, 2.75) is 6.92 Å². The van der Waals surface area contributed by atoms with E-state index in [9.17, 15) is 18.8 Å². The van der Waals surface area contributed by atoms with Crippen LogP contribution in [0.1, 0.15) is 15.9 Å². The maximum Gasteiger partial charge on any atom is 0.292 e. The monoisotopic (exact) mass is 383 g/mol. The zero-order chi connectivity index (χ0) is 20.1. The van der Waals surface area contributed by atoms with Crippen LogP contribution in [0.3, 0.4) is 0 Å². The van der Waals surface area contributed by atoms with E-state index < -0.39 is 17.5 Å². The summed E-state index contributed by atoms with van der Waals surface area (Å²) in [5.74, 6) is -2.39. The number of carbonyl (C=O) groups excluding carboxylic acids is 3. The summed E-state index contributed by atoms with van der Waals surface area (Å²) in [7, 11) is 0. The highest BCUT2D eigenvalue weighted by Gasteiger charge is 2.23. The van der Waals surface area contributed by atoms with Gasteiger partial charge in [0.05, 0.1) is 6.54 Å². The van der Waals surface area contributed by atoms with E-state index in [4.69, 9.17) is 0 Å². The molecule has 0 spiro atoms. The van der Waals surface area contributed by atoms with Gasteiger partial charge in [0.15, 0.2) is 0 Å². The number of hydrogen-bond acceptors (Lipinski definition) is 4. The SMILES string of the molecule is Cc1ccc(N2CCN(C(=O)CNC(=O)C(=O)c3ccc(F)cc3)CC2)cc1. The lowest BCUT2D eigenvalue weighted by Crippen LogP contribution is -2.51. The quantitative estimate of drug-likeness (QED) is 0.631. The predicted octanol–water partition coefficient (Wildman–Crippen LogP) is 1.78. The molecule has 146 valence electrons. The van der Waals surface area contributed by atoms with Crippen molar-refractivity contribution in [1.82, 2.24) is 10.2 Å². The van der Waals surface area contributed by atoms with Gasteiger partial charge in [0.1, 0.15) is 5.82 Å². The van der Waals surface area contributed by atoms with Crippen LogP contribution in [0.2, 0.25) is 0 Å². The summed E-state index contributed by atoms with van der Waals surface area (Å²) < 4.78 is 12.9. The van der Waals surface area contributed by atoms with E-state index >= 15 is 0 Å². The maximum atomic E-state index is 12.9. The summed E-state index contributed by atoms with van der Waals surface area (Å²) in [6.45, 7) is 4.31. The maximum absolute atomic E-state index is 12.9. The van der Waals surface area contributed by atoms with Crippen molar-refractivity contribution in [1.29, 1.82) is 0 Å². The minimum Gasteiger partial charge on any atom is -0.368 e. The lowest BCUT2D eigenvalue weighted by molar-refractivity contribution is -0.132. The van der Waals surface area contributed by atoms with E-state index in [-0.39, 0.29) is 18.0 Å². The van der Waals surface area contributed by atoms with Gasteiger partial charge in [-0.25, -0.2) is 4.39 Å². The third-order valence-electron chi connectivity index (χ3n) is 4.74. The molecule has 2 aromatic carbocycles. The second kappa shape index (κ2) is 8.65. The zero-order valence-electron chi connectivity index (χ0n) is 15.7. The normalized spacial score (nSPS) is 13.9. The number of nitrogens with zero attached hydrogens (tertiary/aromatic N) is 2. The number of ketones is 1. The van der Waals surface area contributed by atoms with Crippen LogP contribution in [0.5, 0.6) is 0 Å². The number of halogens is 1. The second-order valence-corrected chi connectivity index (χ2v) is 6.72. The van der Waals surface area contributed by atoms with E-state index in [1.807, 2.05) is 6.92 Å². The van der Waals surface area contributed by atoms with Crippen molar-refractivity contribution >= 4 is 23.3 Å². The first-order valence-corrected chi connectivity index (χ1v) is 9.11. The Hall–Kier alpha value is -3.22. The molecule has 2 amide bonds. The van der Waals surface area contributed by atoms with Crippen LogP contribution in [-0.4, -0.2) is 55.2 Å². The third-order valence-corrected chi connectivity index (χ3v) is 4.74. The van der Waals surface area contributed by atoms with Crippen LogP contribution in [0, 0.1) is 12.7 Å². The first-order chi connectivity index (χ1) is 13.4. The van der Waals surface area contributed by atoms with E-state index in [2.05, 4.69) is 34.5 Å². The summed E-state index contributed by atoms with van der Waals surface area (Å²) in [6.07, 6.45) is 0. The molecule has 1 aliphatic rings. The molecule has 0 atom stereocenters. The number of piperazine rings is 1. The van der Waals surface area contributed by atoms with Crippen LogP contribution in [-0.2, 0) is 9.59 Å². The fraction of sp³-hybridized carbons (Fsp3) is 0.286. The Labute approximate surface area is 162 Å². The summed E-state index contributed by atoms with van der Waals surface area (Å²) in [5, 5.41) is 2.35. The van der Waals surface area contributed by atoms with Crippen molar-refractivity contribution in [3.63, 3.8) is 0 Å². The van der Waals surface area contributed by atoms with Gasteiger partial charge in [-0.3, -0.25) is 14.4 Å². The first kappa shape index (κ1) is 19.5. The van der Waals surface area contributed by atoms with E-state index in [1.165, 1.54) is 17.7 Å². The molecule has 0 aromatic heterocycles. The molecule has 0 radical (unpaired) electrons. The van der Waals surface area contributed by atoms with Crippen molar-refractivity contribution in [2.24, 2.45) is 0 Å². The molecule has 1 heterocycles. The largest absolute Gasteiger partial charge is 0.368 e. The number of anilines is 1. The number of Topliss-reactive ketones (excluding diaryl/α,β-unsaturated/α-hetero) is 1. The predicted molar refractivity (Wildman–Crippen MR) is 104 cm³/mol. The van der Waals surface area contributed by atoms with Gasteiger partial charge in [-0.05, 0) is 43.3 Å². The van der Waals surface area contributed by atoms with E-state index in [1.54, 1.807) is 4.90 Å². The Morgan fingerprint density at radius 1 is 0.929 bits per heavy atom. The number of benzene rings is 2. The zero-order valence-corrected chi connectivity index (χ0v) is 15.7. The Balaban J connectivity index is 1.46. The number of aryl methyl sites for hydroxylation is 1. The molecule has 0 saturated carbocycles. The van der Waals surface area contributed by atoms with Crippen molar-refractivity contribution in [3.8, 4) is 0 Å². The molecule has 7 heteroatoms. The highest BCUT2D eigenvalue weighted by molar-refractivity contribution is 6.43. The Morgan fingerprint density at radius 3 is 2.14 bits per heavy atom. The van der Waals surface area contributed by atoms with Crippen molar-refractivity contribution in [3.05, 3.63) is 65.5 Å². The lowest BCUT2D eigenvalue weighted by atomic mass is 10.1. The van der Waals surface area contributed by atoms with E-state index in [0.717, 1.165) is 17.8 Å². The minimum atomic E-state index is -0.877. The summed E-state index contributed by atoms with van der Waals surface area (Å²) in [4.78, 5) is 40.2. The fourth-order valence-electron chi connectivity index (χ4n) is 3.05. The van der Waals surface area contributed by atoms with Gasteiger partial charge in [0, 0.05) is 37.4 Å². The van der Waals surface area contributed by atoms with E-state index in [0.29, 0.717) is 26.2 Å². The topological polar surface area (TPSA) is 69.7 Å². The van der Waals surface area contributed by atoms with Gasteiger partial charge in [-0.2, -0.15) is 0 Å². The average molecular weight is 383 g/mol. The Bertz CT molecular complexity index is 857. The molecule has 2 aromatic rings. The molecule has 1 fully saturated rings. The first-order valence-electron chi connectivity index (χ1n) is 9.11. The van der Waals surface area contributed by atoms with Crippen LogP contribution in [0.15, 0.2) is 48.5 Å². The van der Waals surface area contributed by atoms with Gasteiger partial charge >= 0.3 is 0 Å². The highest BCUT2D eigenvalue weighted by atomic mass is 19.1. The van der Waals surface area contributed by atoms with Crippen LogP contribution in [0.4, 0.5) is 10.1 Å². The van der Waals surface area contributed by atoms with Crippen LogP contribution < -0.4 is 10.2 Å². The Morgan fingerprint density at radius 2 is 1.54 bits per heavy atom. The van der Waals surface area contributed by atoms with Gasteiger partial charge in [0.2, 0.25) is 11.7 Å². The van der Waals surface area contributed by atoms with Gasteiger partial charge < -0.3 is 15.1 Å². The Kier molecular flexibility index (Phi) is 6.03. The third kappa shape index (κ3) is 4.73. The number of rotatable bonds is 5. The van der Waals surface area contributed by atoms with Gasteiger partial charge in [0.25, 0.3) is 5.91 Å². The highest BCUT2D eigenvalue weighted by Crippen LogP contribution is 2.17. The molecule has 1 N–H and O–H groups in total. The average Bonchev–Trinajstić information content (AvgIpc) is 2.72. The molecular formula is C21H22FN3O3. The summed E-state index contributed by atoms with van der Waals surface area (Å²) in [6, 6.07) is 12.9. The molecule has 0 bridgehead atoms. The summed E-state index contributed by atoms with van der Waals surface area (Å²) >= 11 is 0. The number of amides is 2. The molecule has 3 rings (SSSR count). The summed E-state index contributed by atoms with van der Waals surface area (Å²) in [5.41, 5.74) is 2.40. The number of carbonyl (C=O) groups is 3. The van der Waals surface area contributed by atoms with Crippen molar-refractivity contribution < 1.29 is 18.8 Å². The van der Waals surface area contributed by atoms with Gasteiger partial charge in [-0.15, -0.1) is 0 Å². The molecular weight excluding hydrogens is 361 g/mol. The number of hydrogen-bond donors (Lipinski definition) is 1. The molecule has 1 aliphatic heterocycles. The fourth-order valence-corrected chi connectivity index (χ4v) is 3.05. The smallest absolute Gasteiger partial charge is 0.292 e. The molecule has 1 saturated heterocycles. The van der Waals surface area contributed by atoms with Crippen LogP contribution >= 0.6 is 0 Å². The minimum absolute atomic E-state index is 0.0815. The van der Waals surface area contributed by atoms with Crippen molar-refractivity contribution in [2.75, 3.05) is 37.6 Å². The number of nitrogens with one attached hydrogen (secondary N) is 1. The molecule has 28 heavy (non-hydrogen) atoms. The second-order valence-electron chi connectivity index (χ2n) is 6.72. The van der Waals surface area contributed by atoms with Gasteiger partial charge in [-0.1, -0.05) is 17.7 Å². The molecule has 6 nitrogen and oxygen atoms in total. The molecule has 0 aliphatic carbocycles. The van der Waals surface area contributed by atoms with Crippen LogP contribution in [0.25, 0.3) is 0 Å². The lowest BCUT2D eigenvalue weighted by Gasteiger charge is -2.36.